The average molecular weight is 393 g/mol. The molecule has 1 amide bonds. The number of rotatable bonds is 3. The van der Waals surface area contributed by atoms with Crippen molar-refractivity contribution in [3.05, 3.63) is 54.8 Å². The normalized spacial score (nSPS) is 10.4. The van der Waals surface area contributed by atoms with Gasteiger partial charge in [-0.2, -0.15) is 0 Å². The first-order valence-corrected chi connectivity index (χ1v) is 7.49. The van der Waals surface area contributed by atoms with E-state index in [1.54, 1.807) is 6.07 Å². The number of hydrogen-bond donors (Lipinski definition) is 1. The maximum atomic E-state index is 13.5. The summed E-state index contributed by atoms with van der Waals surface area (Å²) in [6.07, 6.45) is 0. The van der Waals surface area contributed by atoms with Crippen molar-refractivity contribution in [3.8, 4) is 0 Å². The van der Waals surface area contributed by atoms with Crippen molar-refractivity contribution >= 4 is 49.1 Å². The maximum Gasteiger partial charge on any atom is 0.254 e. The van der Waals surface area contributed by atoms with Gasteiger partial charge >= 0.3 is 0 Å². The number of halogens is 3. The van der Waals surface area contributed by atoms with Crippen LogP contribution in [0.3, 0.4) is 0 Å². The first-order valence-electron chi connectivity index (χ1n) is 5.02. The fourth-order valence-corrected chi connectivity index (χ4v) is 3.13. The van der Waals surface area contributed by atoms with E-state index < -0.39 is 11.7 Å². The van der Waals surface area contributed by atoms with Crippen LogP contribution in [0.1, 0.15) is 15.2 Å². The summed E-state index contributed by atoms with van der Waals surface area (Å²) in [4.78, 5) is 12.8. The minimum Gasteiger partial charge on any atom is -0.347 e. The Balaban J connectivity index is 2.05. The second kappa shape index (κ2) is 5.95. The number of nitrogens with one attached hydrogen (secondary N) is 1. The average Bonchev–Trinajstić information content (AvgIpc) is 2.75. The van der Waals surface area contributed by atoms with E-state index in [1.165, 1.54) is 23.5 Å². The van der Waals surface area contributed by atoms with Gasteiger partial charge in [-0.1, -0.05) is 15.9 Å². The van der Waals surface area contributed by atoms with Gasteiger partial charge in [0.2, 0.25) is 0 Å². The van der Waals surface area contributed by atoms with Crippen LogP contribution in [0, 0.1) is 5.82 Å². The van der Waals surface area contributed by atoms with Crippen molar-refractivity contribution in [2.45, 2.75) is 6.54 Å². The molecule has 18 heavy (non-hydrogen) atoms. The monoisotopic (exact) mass is 391 g/mol. The Morgan fingerprint density at radius 2 is 2.06 bits per heavy atom. The topological polar surface area (TPSA) is 29.1 Å². The van der Waals surface area contributed by atoms with Crippen LogP contribution in [0.25, 0.3) is 0 Å². The summed E-state index contributed by atoms with van der Waals surface area (Å²) >= 11 is 8.08. The first-order chi connectivity index (χ1) is 8.56. The SMILES string of the molecule is O=C(NCc1cc(Br)cs1)c1cc(Br)ccc1F. The van der Waals surface area contributed by atoms with Crippen LogP contribution < -0.4 is 5.32 Å². The van der Waals surface area contributed by atoms with Gasteiger partial charge < -0.3 is 5.32 Å². The molecule has 0 aliphatic carbocycles. The largest absolute Gasteiger partial charge is 0.347 e. The van der Waals surface area contributed by atoms with Crippen LogP contribution in [0.5, 0.6) is 0 Å². The Morgan fingerprint density at radius 3 is 2.72 bits per heavy atom. The lowest BCUT2D eigenvalue weighted by Gasteiger charge is -2.05. The fraction of sp³-hybridized carbons (Fsp3) is 0.0833. The summed E-state index contributed by atoms with van der Waals surface area (Å²) in [6, 6.07) is 6.21. The number of carbonyl (C=O) groups is 1. The van der Waals surface area contributed by atoms with Crippen molar-refractivity contribution in [1.29, 1.82) is 0 Å². The van der Waals surface area contributed by atoms with Crippen LogP contribution in [0.2, 0.25) is 0 Å². The van der Waals surface area contributed by atoms with Crippen LogP contribution in [-0.4, -0.2) is 5.91 Å². The van der Waals surface area contributed by atoms with Gasteiger partial charge in [0, 0.05) is 19.2 Å². The molecule has 1 N–H and O–H groups in total. The number of thiophene rings is 1. The molecule has 2 rings (SSSR count). The molecule has 1 heterocycles. The maximum absolute atomic E-state index is 13.5. The van der Waals surface area contributed by atoms with Gasteiger partial charge in [-0.15, -0.1) is 11.3 Å². The van der Waals surface area contributed by atoms with Gasteiger partial charge in [-0.3, -0.25) is 4.79 Å². The highest BCUT2D eigenvalue weighted by Gasteiger charge is 2.12. The molecule has 2 aromatic rings. The molecule has 0 bridgehead atoms. The number of hydrogen-bond acceptors (Lipinski definition) is 2. The van der Waals surface area contributed by atoms with Gasteiger partial charge in [0.05, 0.1) is 12.1 Å². The molecule has 1 aromatic heterocycles. The zero-order chi connectivity index (χ0) is 13.1. The van der Waals surface area contributed by atoms with E-state index in [1.807, 2.05) is 11.4 Å². The van der Waals surface area contributed by atoms with Crippen LogP contribution in [0.15, 0.2) is 38.6 Å². The molecule has 0 spiro atoms. The number of benzene rings is 1. The molecule has 0 radical (unpaired) electrons. The van der Waals surface area contributed by atoms with Crippen molar-refractivity contribution < 1.29 is 9.18 Å². The van der Waals surface area contributed by atoms with E-state index in [0.717, 1.165) is 9.35 Å². The van der Waals surface area contributed by atoms with E-state index in [4.69, 9.17) is 0 Å². The molecule has 0 atom stereocenters. The van der Waals surface area contributed by atoms with E-state index in [9.17, 15) is 9.18 Å². The first kappa shape index (κ1) is 13.7. The van der Waals surface area contributed by atoms with Crippen molar-refractivity contribution in [2.75, 3.05) is 0 Å². The number of carbonyl (C=O) groups excluding carboxylic acids is 1. The zero-order valence-electron chi connectivity index (χ0n) is 9.04. The predicted octanol–water partition coefficient (Wildman–Crippen LogP) is 4.34. The summed E-state index contributed by atoms with van der Waals surface area (Å²) in [5, 5.41) is 4.62. The Kier molecular flexibility index (Phi) is 4.53. The summed E-state index contributed by atoms with van der Waals surface area (Å²) in [5.41, 5.74) is 0.0417. The molecule has 0 unspecified atom stereocenters. The van der Waals surface area contributed by atoms with Gasteiger partial charge in [-0.05, 0) is 40.2 Å². The summed E-state index contributed by atoms with van der Waals surface area (Å²) in [5.74, 6) is -0.943. The predicted molar refractivity (Wildman–Crippen MR) is 77.3 cm³/mol. The molecule has 94 valence electrons. The minimum atomic E-state index is -0.525. The molecular formula is C12H8Br2FNOS. The van der Waals surface area contributed by atoms with E-state index >= 15 is 0 Å². The Bertz CT molecular complexity index is 585. The van der Waals surface area contributed by atoms with Gasteiger partial charge in [0.25, 0.3) is 5.91 Å². The van der Waals surface area contributed by atoms with Gasteiger partial charge in [0.15, 0.2) is 0 Å². The van der Waals surface area contributed by atoms with Crippen LogP contribution in [0.4, 0.5) is 4.39 Å². The quantitative estimate of drug-likeness (QED) is 0.826. The molecular weight excluding hydrogens is 385 g/mol. The molecule has 6 heteroatoms. The Labute approximate surface area is 124 Å². The van der Waals surface area contributed by atoms with E-state index in [2.05, 4.69) is 37.2 Å². The zero-order valence-corrected chi connectivity index (χ0v) is 13.0. The smallest absolute Gasteiger partial charge is 0.254 e. The Morgan fingerprint density at radius 1 is 1.28 bits per heavy atom. The molecule has 0 aliphatic rings. The molecule has 0 saturated heterocycles. The van der Waals surface area contributed by atoms with Crippen LogP contribution in [-0.2, 0) is 6.54 Å². The lowest BCUT2D eigenvalue weighted by atomic mass is 10.2. The molecule has 1 aromatic carbocycles. The summed E-state index contributed by atoms with van der Waals surface area (Å²) in [6.45, 7) is 0.390. The van der Waals surface area contributed by atoms with Gasteiger partial charge in [-0.25, -0.2) is 4.39 Å². The minimum absolute atomic E-state index is 0.0417. The van der Waals surface area contributed by atoms with Crippen LogP contribution >= 0.6 is 43.2 Å². The van der Waals surface area contributed by atoms with E-state index in [-0.39, 0.29) is 5.56 Å². The second-order valence-corrected chi connectivity index (χ2v) is 6.37. The molecule has 0 aliphatic heterocycles. The molecule has 0 saturated carbocycles. The van der Waals surface area contributed by atoms with Gasteiger partial charge in [0.1, 0.15) is 5.82 Å². The second-order valence-electron chi connectivity index (χ2n) is 3.54. The number of amides is 1. The lowest BCUT2D eigenvalue weighted by Crippen LogP contribution is -2.23. The third-order valence-corrected chi connectivity index (χ3v) is 4.41. The summed E-state index contributed by atoms with van der Waals surface area (Å²) < 4.78 is 15.1. The molecule has 0 fully saturated rings. The third-order valence-electron chi connectivity index (χ3n) is 2.22. The highest BCUT2D eigenvalue weighted by molar-refractivity contribution is 9.10. The standard InChI is InChI=1S/C12H8Br2FNOS/c13-7-1-2-11(15)10(4-7)12(17)16-5-9-3-8(14)6-18-9/h1-4,6H,5H2,(H,16,17). The highest BCUT2D eigenvalue weighted by atomic mass is 79.9. The Hall–Kier alpha value is -0.720. The lowest BCUT2D eigenvalue weighted by molar-refractivity contribution is 0.0947. The van der Waals surface area contributed by atoms with Crippen molar-refractivity contribution in [2.24, 2.45) is 0 Å². The fourth-order valence-electron chi connectivity index (χ4n) is 1.38. The van der Waals surface area contributed by atoms with Crippen molar-refractivity contribution in [3.63, 3.8) is 0 Å². The molecule has 2 nitrogen and oxygen atoms in total. The van der Waals surface area contributed by atoms with E-state index in [0.29, 0.717) is 11.0 Å². The summed E-state index contributed by atoms with van der Waals surface area (Å²) in [7, 11) is 0. The van der Waals surface area contributed by atoms with Crippen molar-refractivity contribution in [1.82, 2.24) is 5.32 Å². The third kappa shape index (κ3) is 3.40. The highest BCUT2D eigenvalue weighted by Crippen LogP contribution is 2.20.